The molecule has 0 aliphatic heterocycles. The van der Waals surface area contributed by atoms with Crippen molar-refractivity contribution in [2.45, 2.75) is 26.2 Å². The second kappa shape index (κ2) is 10.2. The second-order valence-corrected chi connectivity index (χ2v) is 5.89. The molecule has 1 atom stereocenters. The van der Waals surface area contributed by atoms with E-state index in [9.17, 15) is 0 Å². The number of methoxy groups -OCH3 is 1. The molecule has 1 aromatic carbocycles. The number of hydrogen-bond acceptors (Lipinski definition) is 3. The van der Waals surface area contributed by atoms with Gasteiger partial charge in [-0.15, -0.1) is 0 Å². The summed E-state index contributed by atoms with van der Waals surface area (Å²) in [7, 11) is 1.73. The Morgan fingerprint density at radius 1 is 1.37 bits per heavy atom. The van der Waals surface area contributed by atoms with E-state index in [1.54, 1.807) is 7.11 Å². The van der Waals surface area contributed by atoms with Crippen LogP contribution in [-0.4, -0.2) is 32.2 Å². The minimum Gasteiger partial charge on any atom is -0.497 e. The lowest BCUT2D eigenvalue weighted by molar-refractivity contribution is 0.412. The molecule has 1 aromatic rings. The van der Waals surface area contributed by atoms with Gasteiger partial charge in [-0.25, -0.2) is 0 Å². The quantitative estimate of drug-likeness (QED) is 0.662. The Morgan fingerprint density at radius 2 is 2.21 bits per heavy atom. The zero-order chi connectivity index (χ0) is 13.9. The highest BCUT2D eigenvalue weighted by Crippen LogP contribution is 2.18. The summed E-state index contributed by atoms with van der Waals surface area (Å²) in [5, 5.41) is 3.55. The smallest absolute Gasteiger partial charge is 0.119 e. The number of rotatable bonds is 10. The minimum absolute atomic E-state index is 0.714. The fourth-order valence-corrected chi connectivity index (χ4v) is 2.75. The van der Waals surface area contributed by atoms with Crippen molar-refractivity contribution in [1.82, 2.24) is 5.32 Å². The van der Waals surface area contributed by atoms with E-state index >= 15 is 0 Å². The van der Waals surface area contributed by atoms with Gasteiger partial charge >= 0.3 is 0 Å². The van der Waals surface area contributed by atoms with Gasteiger partial charge in [0.2, 0.25) is 0 Å². The van der Waals surface area contributed by atoms with Crippen LogP contribution in [0.1, 0.15) is 25.3 Å². The maximum Gasteiger partial charge on any atom is 0.119 e. The fourth-order valence-electron chi connectivity index (χ4n) is 2.18. The van der Waals surface area contributed by atoms with Gasteiger partial charge < -0.3 is 10.1 Å². The van der Waals surface area contributed by atoms with E-state index < -0.39 is 0 Å². The Balaban J connectivity index is 2.53. The Hall–Kier alpha value is -0.670. The maximum absolute atomic E-state index is 5.30. The molecule has 0 spiro atoms. The molecule has 0 bridgehead atoms. The lowest BCUT2D eigenvalue weighted by Crippen LogP contribution is -2.25. The number of benzene rings is 1. The Morgan fingerprint density at radius 3 is 2.89 bits per heavy atom. The zero-order valence-electron chi connectivity index (χ0n) is 12.4. The number of thioether (sulfide) groups is 1. The molecule has 0 amide bonds. The highest BCUT2D eigenvalue weighted by Gasteiger charge is 2.09. The van der Waals surface area contributed by atoms with Crippen LogP contribution < -0.4 is 10.1 Å². The third-order valence-corrected chi connectivity index (χ3v) is 3.89. The zero-order valence-corrected chi connectivity index (χ0v) is 13.3. The predicted octanol–water partition coefficient (Wildman–Crippen LogP) is 3.61. The van der Waals surface area contributed by atoms with E-state index in [0.717, 1.165) is 25.3 Å². The maximum atomic E-state index is 5.30. The first-order chi connectivity index (χ1) is 9.30. The van der Waals surface area contributed by atoms with Crippen molar-refractivity contribution < 1.29 is 4.74 Å². The van der Waals surface area contributed by atoms with E-state index in [1.807, 2.05) is 17.8 Å². The molecule has 19 heavy (non-hydrogen) atoms. The number of ether oxygens (including phenoxy) is 1. The predicted molar refractivity (Wildman–Crippen MR) is 86.3 cm³/mol. The highest BCUT2D eigenvalue weighted by atomic mass is 32.2. The molecule has 0 aliphatic rings. The van der Waals surface area contributed by atoms with Gasteiger partial charge in [0.15, 0.2) is 0 Å². The molecule has 0 aliphatic carbocycles. The third kappa shape index (κ3) is 6.88. The molecule has 1 N–H and O–H groups in total. The minimum atomic E-state index is 0.714. The van der Waals surface area contributed by atoms with Crippen molar-refractivity contribution in [2.75, 3.05) is 32.2 Å². The van der Waals surface area contributed by atoms with Crippen molar-refractivity contribution in [1.29, 1.82) is 0 Å². The van der Waals surface area contributed by atoms with E-state index in [1.165, 1.54) is 24.2 Å². The van der Waals surface area contributed by atoms with Crippen molar-refractivity contribution in [2.24, 2.45) is 5.92 Å². The van der Waals surface area contributed by atoms with Gasteiger partial charge in [0, 0.05) is 0 Å². The van der Waals surface area contributed by atoms with Crippen molar-refractivity contribution in [3.05, 3.63) is 29.8 Å². The van der Waals surface area contributed by atoms with Gasteiger partial charge in [-0.1, -0.05) is 19.1 Å². The summed E-state index contributed by atoms with van der Waals surface area (Å²) >= 11 is 1.93. The SMILES string of the molecule is CCCNCC(CCSC)Cc1cccc(OC)c1. The lowest BCUT2D eigenvalue weighted by Gasteiger charge is -2.17. The van der Waals surface area contributed by atoms with Gasteiger partial charge in [-0.2, -0.15) is 11.8 Å². The van der Waals surface area contributed by atoms with Crippen LogP contribution in [0.25, 0.3) is 0 Å². The van der Waals surface area contributed by atoms with Crippen molar-refractivity contribution in [3.8, 4) is 5.75 Å². The first-order valence-electron chi connectivity index (χ1n) is 7.12. The average molecular weight is 281 g/mol. The van der Waals surface area contributed by atoms with Crippen LogP contribution >= 0.6 is 11.8 Å². The summed E-state index contributed by atoms with van der Waals surface area (Å²) in [6.45, 7) is 4.45. The standard InChI is InChI=1S/C16H27NOS/c1-4-9-17-13-15(8-10-19-3)11-14-6-5-7-16(12-14)18-2/h5-7,12,15,17H,4,8-11,13H2,1-3H3. The monoisotopic (exact) mass is 281 g/mol. The van der Waals surface area contributed by atoms with Crippen molar-refractivity contribution in [3.63, 3.8) is 0 Å². The average Bonchev–Trinajstić information content (AvgIpc) is 2.45. The number of hydrogen-bond donors (Lipinski definition) is 1. The lowest BCUT2D eigenvalue weighted by atomic mass is 9.96. The fraction of sp³-hybridized carbons (Fsp3) is 0.625. The van der Waals surface area contributed by atoms with Gasteiger partial charge in [0.1, 0.15) is 5.75 Å². The van der Waals surface area contributed by atoms with Crippen LogP contribution in [0.15, 0.2) is 24.3 Å². The molecule has 0 saturated heterocycles. The van der Waals surface area contributed by atoms with E-state index in [0.29, 0.717) is 5.92 Å². The highest BCUT2D eigenvalue weighted by molar-refractivity contribution is 7.98. The van der Waals surface area contributed by atoms with E-state index in [2.05, 4.69) is 36.7 Å². The first kappa shape index (κ1) is 16.4. The second-order valence-electron chi connectivity index (χ2n) is 4.91. The van der Waals surface area contributed by atoms with Crippen LogP contribution in [-0.2, 0) is 6.42 Å². The Kier molecular flexibility index (Phi) is 8.76. The Labute approximate surface area is 122 Å². The molecular weight excluding hydrogens is 254 g/mol. The van der Waals surface area contributed by atoms with Crippen LogP contribution in [0.2, 0.25) is 0 Å². The summed E-state index contributed by atoms with van der Waals surface area (Å²) < 4.78 is 5.30. The topological polar surface area (TPSA) is 21.3 Å². The number of nitrogens with one attached hydrogen (secondary N) is 1. The van der Waals surface area contributed by atoms with Gasteiger partial charge in [-0.3, -0.25) is 0 Å². The van der Waals surface area contributed by atoms with Crippen LogP contribution in [0.3, 0.4) is 0 Å². The van der Waals surface area contributed by atoms with Gasteiger partial charge in [0.05, 0.1) is 7.11 Å². The molecule has 108 valence electrons. The summed E-state index contributed by atoms with van der Waals surface area (Å²) in [4.78, 5) is 0. The summed E-state index contributed by atoms with van der Waals surface area (Å²) in [5.41, 5.74) is 1.38. The molecule has 1 unspecified atom stereocenters. The summed E-state index contributed by atoms with van der Waals surface area (Å²) in [6.07, 6.45) is 5.79. The normalized spacial score (nSPS) is 12.4. The van der Waals surface area contributed by atoms with Crippen molar-refractivity contribution >= 4 is 11.8 Å². The van der Waals surface area contributed by atoms with Crippen LogP contribution in [0.4, 0.5) is 0 Å². The molecule has 0 heterocycles. The van der Waals surface area contributed by atoms with Gasteiger partial charge in [0.25, 0.3) is 0 Å². The largest absolute Gasteiger partial charge is 0.497 e. The molecule has 0 saturated carbocycles. The molecule has 1 rings (SSSR count). The van der Waals surface area contributed by atoms with Gasteiger partial charge in [-0.05, 0) is 68.0 Å². The summed E-state index contributed by atoms with van der Waals surface area (Å²) in [6, 6.07) is 8.45. The Bertz CT molecular complexity index is 343. The molecule has 0 fully saturated rings. The third-order valence-electron chi connectivity index (χ3n) is 3.25. The van der Waals surface area contributed by atoms with E-state index in [-0.39, 0.29) is 0 Å². The summed E-state index contributed by atoms with van der Waals surface area (Å²) in [5.74, 6) is 2.91. The van der Waals surface area contributed by atoms with E-state index in [4.69, 9.17) is 4.74 Å². The molecule has 0 radical (unpaired) electrons. The van der Waals surface area contributed by atoms with Crippen LogP contribution in [0.5, 0.6) is 5.75 Å². The molecule has 0 aromatic heterocycles. The molecule has 2 nitrogen and oxygen atoms in total. The molecular formula is C16H27NOS. The first-order valence-corrected chi connectivity index (χ1v) is 8.52. The van der Waals surface area contributed by atoms with Crippen LogP contribution in [0, 0.1) is 5.92 Å². The molecule has 3 heteroatoms.